The second-order valence-electron chi connectivity index (χ2n) is 3.79. The molecule has 1 aromatic carbocycles. The zero-order valence-electron chi connectivity index (χ0n) is 7.89. The first-order chi connectivity index (χ1) is 6.74. The number of hydrogen-bond donors (Lipinski definition) is 1. The summed E-state index contributed by atoms with van der Waals surface area (Å²) in [6, 6.07) is 6.38. The van der Waals surface area contributed by atoms with Gasteiger partial charge in [0.25, 0.3) is 0 Å². The third-order valence-electron chi connectivity index (χ3n) is 2.62. The molecule has 1 nitrogen and oxygen atoms in total. The summed E-state index contributed by atoms with van der Waals surface area (Å²) in [6.07, 6.45) is 3.95. The zero-order chi connectivity index (χ0) is 9.97. The molecule has 2 rings (SSSR count). The quantitative estimate of drug-likeness (QED) is 0.835. The van der Waals surface area contributed by atoms with E-state index in [1.807, 2.05) is 12.1 Å². The van der Waals surface area contributed by atoms with Crippen molar-refractivity contribution in [3.63, 3.8) is 0 Å². The molecule has 0 unspecified atom stereocenters. The lowest BCUT2D eigenvalue weighted by atomic mass is 9.93. The molecule has 1 saturated carbocycles. The summed E-state index contributed by atoms with van der Waals surface area (Å²) >= 11 is 11.8. The minimum Gasteiger partial charge on any atom is -0.310 e. The standard InChI is InChI=1S/C11H13Cl2N/c12-9-4-8(5-10(13)6-9)7-14-11-2-1-3-11/h4-6,11,14H,1-3,7H2. The largest absolute Gasteiger partial charge is 0.310 e. The molecule has 0 heterocycles. The van der Waals surface area contributed by atoms with E-state index in [9.17, 15) is 0 Å². The Hall–Kier alpha value is -0.240. The Morgan fingerprint density at radius 3 is 2.29 bits per heavy atom. The van der Waals surface area contributed by atoms with Gasteiger partial charge >= 0.3 is 0 Å². The van der Waals surface area contributed by atoms with Gasteiger partial charge < -0.3 is 5.32 Å². The molecular formula is C11H13Cl2N. The number of rotatable bonds is 3. The Kier molecular flexibility index (Phi) is 3.32. The van der Waals surface area contributed by atoms with Gasteiger partial charge in [-0.2, -0.15) is 0 Å². The van der Waals surface area contributed by atoms with Crippen LogP contribution in [0.5, 0.6) is 0 Å². The number of benzene rings is 1. The van der Waals surface area contributed by atoms with Crippen LogP contribution in [0.15, 0.2) is 18.2 Å². The van der Waals surface area contributed by atoms with Crippen molar-refractivity contribution in [3.8, 4) is 0 Å². The molecule has 0 spiro atoms. The fourth-order valence-corrected chi connectivity index (χ4v) is 2.16. The van der Waals surface area contributed by atoms with E-state index in [1.165, 1.54) is 19.3 Å². The van der Waals surface area contributed by atoms with E-state index in [1.54, 1.807) is 6.07 Å². The highest BCUT2D eigenvalue weighted by atomic mass is 35.5. The second kappa shape index (κ2) is 4.52. The maximum Gasteiger partial charge on any atom is 0.0424 e. The normalized spacial score (nSPS) is 16.7. The molecular weight excluding hydrogens is 217 g/mol. The predicted molar refractivity (Wildman–Crippen MR) is 60.9 cm³/mol. The van der Waals surface area contributed by atoms with Crippen molar-refractivity contribution in [3.05, 3.63) is 33.8 Å². The molecule has 1 aliphatic rings. The molecule has 1 N–H and O–H groups in total. The van der Waals surface area contributed by atoms with Crippen molar-refractivity contribution < 1.29 is 0 Å². The zero-order valence-corrected chi connectivity index (χ0v) is 9.41. The maximum absolute atomic E-state index is 5.90. The van der Waals surface area contributed by atoms with Gasteiger partial charge in [0.1, 0.15) is 0 Å². The lowest BCUT2D eigenvalue weighted by Gasteiger charge is -2.26. The fourth-order valence-electron chi connectivity index (χ4n) is 1.59. The van der Waals surface area contributed by atoms with Gasteiger partial charge in [-0.1, -0.05) is 29.6 Å². The number of halogens is 2. The third kappa shape index (κ3) is 2.63. The lowest BCUT2D eigenvalue weighted by Crippen LogP contribution is -2.34. The van der Waals surface area contributed by atoms with Crippen LogP contribution in [0.4, 0.5) is 0 Å². The van der Waals surface area contributed by atoms with Gasteiger partial charge in [-0.25, -0.2) is 0 Å². The van der Waals surface area contributed by atoms with Gasteiger partial charge in [0, 0.05) is 22.6 Å². The van der Waals surface area contributed by atoms with E-state index in [4.69, 9.17) is 23.2 Å². The Labute approximate surface area is 94.4 Å². The summed E-state index contributed by atoms with van der Waals surface area (Å²) < 4.78 is 0. The van der Waals surface area contributed by atoms with Crippen LogP contribution in [0.1, 0.15) is 24.8 Å². The summed E-state index contributed by atoms with van der Waals surface area (Å²) in [5, 5.41) is 4.89. The van der Waals surface area contributed by atoms with Gasteiger partial charge in [-0.05, 0) is 36.6 Å². The third-order valence-corrected chi connectivity index (χ3v) is 3.06. The minimum absolute atomic E-state index is 0.702. The molecule has 0 amide bonds. The van der Waals surface area contributed by atoms with Crippen LogP contribution in [0, 0.1) is 0 Å². The first-order valence-corrected chi connectivity index (χ1v) is 5.68. The average Bonchev–Trinajstić information content (AvgIpc) is 1.99. The van der Waals surface area contributed by atoms with Gasteiger partial charge in [0.2, 0.25) is 0 Å². The Morgan fingerprint density at radius 2 is 1.79 bits per heavy atom. The van der Waals surface area contributed by atoms with Crippen LogP contribution in [0.2, 0.25) is 10.0 Å². The summed E-state index contributed by atoms with van der Waals surface area (Å²) in [5.74, 6) is 0. The topological polar surface area (TPSA) is 12.0 Å². The molecule has 1 aliphatic carbocycles. The van der Waals surface area contributed by atoms with E-state index < -0.39 is 0 Å². The van der Waals surface area contributed by atoms with Gasteiger partial charge in [-0.3, -0.25) is 0 Å². The molecule has 0 radical (unpaired) electrons. The molecule has 0 aromatic heterocycles. The average molecular weight is 230 g/mol. The van der Waals surface area contributed by atoms with Crippen molar-refractivity contribution in [1.29, 1.82) is 0 Å². The molecule has 0 saturated heterocycles. The van der Waals surface area contributed by atoms with Crippen LogP contribution >= 0.6 is 23.2 Å². The minimum atomic E-state index is 0.702. The monoisotopic (exact) mass is 229 g/mol. The van der Waals surface area contributed by atoms with Gasteiger partial charge in [-0.15, -0.1) is 0 Å². The van der Waals surface area contributed by atoms with Crippen LogP contribution in [-0.4, -0.2) is 6.04 Å². The SMILES string of the molecule is Clc1cc(Cl)cc(CNC2CCC2)c1. The lowest BCUT2D eigenvalue weighted by molar-refractivity contribution is 0.338. The van der Waals surface area contributed by atoms with Crippen molar-refractivity contribution in [1.82, 2.24) is 5.32 Å². The molecule has 0 bridgehead atoms. The summed E-state index contributed by atoms with van der Waals surface area (Å²) in [4.78, 5) is 0. The number of nitrogens with one attached hydrogen (secondary N) is 1. The Balaban J connectivity index is 1.94. The highest BCUT2D eigenvalue weighted by Crippen LogP contribution is 2.21. The highest BCUT2D eigenvalue weighted by molar-refractivity contribution is 6.34. The van der Waals surface area contributed by atoms with Crippen LogP contribution in [0.25, 0.3) is 0 Å². The highest BCUT2D eigenvalue weighted by Gasteiger charge is 2.16. The second-order valence-corrected chi connectivity index (χ2v) is 4.66. The van der Waals surface area contributed by atoms with Crippen molar-refractivity contribution in [2.45, 2.75) is 31.8 Å². The van der Waals surface area contributed by atoms with Gasteiger partial charge in [0.05, 0.1) is 0 Å². The van der Waals surface area contributed by atoms with Crippen LogP contribution in [-0.2, 0) is 6.54 Å². The molecule has 1 fully saturated rings. The molecule has 3 heteroatoms. The summed E-state index contributed by atoms with van der Waals surface area (Å²) in [5.41, 5.74) is 1.16. The fraction of sp³-hybridized carbons (Fsp3) is 0.455. The van der Waals surface area contributed by atoms with E-state index in [0.29, 0.717) is 16.1 Å². The summed E-state index contributed by atoms with van der Waals surface area (Å²) in [6.45, 7) is 0.866. The Morgan fingerprint density at radius 1 is 1.14 bits per heavy atom. The van der Waals surface area contributed by atoms with E-state index in [0.717, 1.165) is 12.1 Å². The van der Waals surface area contributed by atoms with Crippen molar-refractivity contribution in [2.24, 2.45) is 0 Å². The van der Waals surface area contributed by atoms with Gasteiger partial charge in [0.15, 0.2) is 0 Å². The molecule has 14 heavy (non-hydrogen) atoms. The molecule has 0 aliphatic heterocycles. The first-order valence-electron chi connectivity index (χ1n) is 4.92. The molecule has 0 atom stereocenters. The van der Waals surface area contributed by atoms with E-state index >= 15 is 0 Å². The van der Waals surface area contributed by atoms with Crippen LogP contribution in [0.3, 0.4) is 0 Å². The predicted octanol–water partition coefficient (Wildman–Crippen LogP) is 3.64. The smallest absolute Gasteiger partial charge is 0.0424 e. The maximum atomic E-state index is 5.90. The first kappa shape index (κ1) is 10.3. The van der Waals surface area contributed by atoms with Crippen molar-refractivity contribution >= 4 is 23.2 Å². The van der Waals surface area contributed by atoms with Crippen LogP contribution < -0.4 is 5.32 Å². The molecule has 1 aromatic rings. The van der Waals surface area contributed by atoms with E-state index in [2.05, 4.69) is 5.32 Å². The summed E-state index contributed by atoms with van der Waals surface area (Å²) in [7, 11) is 0. The number of hydrogen-bond acceptors (Lipinski definition) is 1. The van der Waals surface area contributed by atoms with Crippen molar-refractivity contribution in [2.75, 3.05) is 0 Å². The molecule has 76 valence electrons. The Bertz CT molecular complexity index is 301. The van der Waals surface area contributed by atoms with E-state index in [-0.39, 0.29) is 0 Å².